The lowest BCUT2D eigenvalue weighted by Gasteiger charge is -1.96. The fourth-order valence-electron chi connectivity index (χ4n) is 0.535. The Labute approximate surface area is 61.7 Å². The lowest BCUT2D eigenvalue weighted by Crippen LogP contribution is -1.77. The Balaban J connectivity index is 3.25. The van der Waals surface area contributed by atoms with Crippen LogP contribution in [0.1, 0.15) is 5.56 Å². The molecular formula is C6H6BrNO. The van der Waals surface area contributed by atoms with E-state index in [4.69, 9.17) is 5.11 Å². The quantitative estimate of drug-likeness (QED) is 0.673. The summed E-state index contributed by atoms with van der Waals surface area (Å²) >= 11 is 3.19. The zero-order valence-electron chi connectivity index (χ0n) is 4.93. The van der Waals surface area contributed by atoms with Gasteiger partial charge < -0.3 is 5.11 Å². The molecule has 0 spiro atoms. The molecule has 0 fully saturated rings. The minimum Gasteiger partial charge on any atom is -0.505 e. The summed E-state index contributed by atoms with van der Waals surface area (Å²) in [6.07, 6.45) is 3.08. The van der Waals surface area contributed by atoms with Crippen LogP contribution in [0.3, 0.4) is 0 Å². The lowest BCUT2D eigenvalue weighted by atomic mass is 10.3. The number of aromatic hydroxyl groups is 1. The predicted molar refractivity (Wildman–Crippen MR) is 38.3 cm³/mol. The smallest absolute Gasteiger partial charge is 0.148 e. The molecule has 48 valence electrons. The van der Waals surface area contributed by atoms with Crippen LogP contribution in [0.2, 0.25) is 0 Å². The van der Waals surface area contributed by atoms with Crippen molar-refractivity contribution in [1.82, 2.24) is 4.98 Å². The molecule has 1 rings (SSSR count). The lowest BCUT2D eigenvalue weighted by molar-refractivity contribution is 0.468. The average molecular weight is 188 g/mol. The molecule has 9 heavy (non-hydrogen) atoms. The van der Waals surface area contributed by atoms with Crippen LogP contribution in [0.25, 0.3) is 0 Å². The molecule has 1 aromatic heterocycles. The van der Waals surface area contributed by atoms with Gasteiger partial charge in [0.15, 0.2) is 0 Å². The van der Waals surface area contributed by atoms with Crippen LogP contribution in [-0.4, -0.2) is 10.1 Å². The second-order valence-electron chi connectivity index (χ2n) is 1.79. The standard InChI is InChI=1S/C6H6BrNO/c1-4-2-8-3-5(9)6(4)7/h2-3,9H,1H3. The van der Waals surface area contributed by atoms with E-state index in [2.05, 4.69) is 20.9 Å². The first-order valence-corrected chi connectivity index (χ1v) is 3.30. The van der Waals surface area contributed by atoms with Gasteiger partial charge in [-0.05, 0) is 28.4 Å². The minimum absolute atomic E-state index is 0.190. The number of aromatic nitrogens is 1. The van der Waals surface area contributed by atoms with Gasteiger partial charge in [0.1, 0.15) is 5.75 Å². The summed E-state index contributed by atoms with van der Waals surface area (Å²) in [6.45, 7) is 1.87. The van der Waals surface area contributed by atoms with Crippen molar-refractivity contribution in [3.8, 4) is 5.75 Å². The topological polar surface area (TPSA) is 33.1 Å². The second-order valence-corrected chi connectivity index (χ2v) is 2.58. The fraction of sp³-hybridized carbons (Fsp3) is 0.167. The maximum Gasteiger partial charge on any atom is 0.148 e. The van der Waals surface area contributed by atoms with E-state index in [1.54, 1.807) is 6.20 Å². The number of hydrogen-bond acceptors (Lipinski definition) is 2. The molecule has 0 saturated carbocycles. The number of halogens is 1. The Morgan fingerprint density at radius 3 is 2.67 bits per heavy atom. The summed E-state index contributed by atoms with van der Waals surface area (Å²) in [5.74, 6) is 0.190. The third-order valence-corrected chi connectivity index (χ3v) is 2.07. The van der Waals surface area contributed by atoms with Gasteiger partial charge in [0.2, 0.25) is 0 Å². The van der Waals surface area contributed by atoms with E-state index in [0.717, 1.165) is 10.0 Å². The Hall–Kier alpha value is -0.570. The fourth-order valence-corrected chi connectivity index (χ4v) is 0.740. The van der Waals surface area contributed by atoms with Crippen molar-refractivity contribution in [1.29, 1.82) is 0 Å². The van der Waals surface area contributed by atoms with Gasteiger partial charge in [-0.1, -0.05) is 0 Å². The van der Waals surface area contributed by atoms with Crippen molar-refractivity contribution in [3.05, 3.63) is 22.4 Å². The molecular weight excluding hydrogens is 182 g/mol. The Morgan fingerprint density at radius 2 is 2.22 bits per heavy atom. The molecule has 2 nitrogen and oxygen atoms in total. The van der Waals surface area contributed by atoms with E-state index < -0.39 is 0 Å². The summed E-state index contributed by atoms with van der Waals surface area (Å²) in [5.41, 5.74) is 0.940. The van der Waals surface area contributed by atoms with Gasteiger partial charge in [-0.3, -0.25) is 4.98 Å². The first kappa shape index (κ1) is 6.55. The molecule has 0 aliphatic heterocycles. The van der Waals surface area contributed by atoms with Gasteiger partial charge in [0.05, 0.1) is 10.7 Å². The molecule has 0 saturated heterocycles. The molecule has 0 bridgehead atoms. The first-order valence-electron chi connectivity index (χ1n) is 2.51. The van der Waals surface area contributed by atoms with Crippen LogP contribution in [0, 0.1) is 6.92 Å². The third-order valence-electron chi connectivity index (χ3n) is 1.04. The zero-order chi connectivity index (χ0) is 6.85. The molecule has 0 unspecified atom stereocenters. The van der Waals surface area contributed by atoms with Crippen LogP contribution in [0.5, 0.6) is 5.75 Å². The number of rotatable bonds is 0. The summed E-state index contributed by atoms with van der Waals surface area (Å²) in [4.78, 5) is 3.76. The van der Waals surface area contributed by atoms with Gasteiger partial charge in [0.25, 0.3) is 0 Å². The molecule has 1 N–H and O–H groups in total. The van der Waals surface area contributed by atoms with Crippen molar-refractivity contribution < 1.29 is 5.11 Å². The second kappa shape index (κ2) is 2.35. The van der Waals surface area contributed by atoms with Crippen LogP contribution >= 0.6 is 15.9 Å². The van der Waals surface area contributed by atoms with E-state index in [9.17, 15) is 0 Å². The van der Waals surface area contributed by atoms with Crippen molar-refractivity contribution in [3.63, 3.8) is 0 Å². The largest absolute Gasteiger partial charge is 0.505 e. The van der Waals surface area contributed by atoms with Crippen LogP contribution < -0.4 is 0 Å². The van der Waals surface area contributed by atoms with Crippen molar-refractivity contribution >= 4 is 15.9 Å². The van der Waals surface area contributed by atoms with E-state index in [1.165, 1.54) is 6.20 Å². The summed E-state index contributed by atoms with van der Waals surface area (Å²) < 4.78 is 0.720. The molecule has 0 aromatic carbocycles. The normalized spacial score (nSPS) is 9.56. The minimum atomic E-state index is 0.190. The molecule has 0 amide bonds. The van der Waals surface area contributed by atoms with E-state index in [0.29, 0.717) is 0 Å². The summed E-state index contributed by atoms with van der Waals surface area (Å²) in [6, 6.07) is 0. The summed E-state index contributed by atoms with van der Waals surface area (Å²) in [7, 11) is 0. The van der Waals surface area contributed by atoms with E-state index in [-0.39, 0.29) is 5.75 Å². The third kappa shape index (κ3) is 1.21. The van der Waals surface area contributed by atoms with Crippen LogP contribution in [0.4, 0.5) is 0 Å². The van der Waals surface area contributed by atoms with Gasteiger partial charge in [-0.2, -0.15) is 0 Å². The molecule has 1 aromatic rings. The Morgan fingerprint density at radius 1 is 1.56 bits per heavy atom. The SMILES string of the molecule is Cc1cncc(O)c1Br. The van der Waals surface area contributed by atoms with Crippen molar-refractivity contribution in [2.24, 2.45) is 0 Å². The molecule has 0 aliphatic carbocycles. The van der Waals surface area contributed by atoms with Crippen LogP contribution in [-0.2, 0) is 0 Å². The van der Waals surface area contributed by atoms with Crippen molar-refractivity contribution in [2.45, 2.75) is 6.92 Å². The monoisotopic (exact) mass is 187 g/mol. The Bertz CT molecular complexity index is 204. The molecule has 1 heterocycles. The van der Waals surface area contributed by atoms with E-state index in [1.807, 2.05) is 6.92 Å². The molecule has 0 radical (unpaired) electrons. The van der Waals surface area contributed by atoms with E-state index >= 15 is 0 Å². The van der Waals surface area contributed by atoms with Crippen molar-refractivity contribution in [2.75, 3.05) is 0 Å². The number of hydrogen-bond donors (Lipinski definition) is 1. The number of aryl methyl sites for hydroxylation is 1. The number of nitrogens with zero attached hydrogens (tertiary/aromatic N) is 1. The van der Waals surface area contributed by atoms with Crippen LogP contribution in [0.15, 0.2) is 16.9 Å². The maximum absolute atomic E-state index is 8.99. The van der Waals surface area contributed by atoms with Gasteiger partial charge in [-0.15, -0.1) is 0 Å². The highest BCUT2D eigenvalue weighted by Crippen LogP contribution is 2.24. The molecule has 0 aliphatic rings. The maximum atomic E-state index is 8.99. The highest BCUT2D eigenvalue weighted by atomic mass is 79.9. The average Bonchev–Trinajstić information content (AvgIpc) is 1.83. The first-order chi connectivity index (χ1) is 4.22. The van der Waals surface area contributed by atoms with Gasteiger partial charge in [0, 0.05) is 6.20 Å². The molecule has 0 atom stereocenters. The number of pyridine rings is 1. The molecule has 3 heteroatoms. The zero-order valence-corrected chi connectivity index (χ0v) is 6.51. The van der Waals surface area contributed by atoms with Gasteiger partial charge in [-0.25, -0.2) is 0 Å². The predicted octanol–water partition coefficient (Wildman–Crippen LogP) is 1.86. The summed E-state index contributed by atoms with van der Waals surface area (Å²) in [5, 5.41) is 8.99. The Kier molecular flexibility index (Phi) is 1.71. The highest BCUT2D eigenvalue weighted by Gasteiger charge is 1.97. The van der Waals surface area contributed by atoms with Gasteiger partial charge >= 0.3 is 0 Å². The highest BCUT2D eigenvalue weighted by molar-refractivity contribution is 9.10.